The summed E-state index contributed by atoms with van der Waals surface area (Å²) < 4.78 is 15.5. The lowest BCUT2D eigenvalue weighted by atomic mass is 10.2. The Balaban J connectivity index is 1.74. The van der Waals surface area contributed by atoms with Gasteiger partial charge in [0.05, 0.1) is 28.5 Å². The van der Waals surface area contributed by atoms with Crippen molar-refractivity contribution in [3.05, 3.63) is 93.1 Å². The Morgan fingerprint density at radius 1 is 1.24 bits per heavy atom. The first-order valence-electron chi connectivity index (χ1n) is 8.86. The second kappa shape index (κ2) is 8.47. The van der Waals surface area contributed by atoms with E-state index in [1.165, 1.54) is 30.4 Å². The molecule has 0 aliphatic carbocycles. The quantitative estimate of drug-likeness (QED) is 0.384. The molecule has 2 aromatic carbocycles. The first-order chi connectivity index (χ1) is 13.8. The van der Waals surface area contributed by atoms with Crippen LogP contribution < -0.4 is 5.32 Å². The van der Waals surface area contributed by atoms with E-state index in [4.69, 9.17) is 0 Å². The summed E-state index contributed by atoms with van der Waals surface area (Å²) in [5.74, 6) is -0.710. The van der Waals surface area contributed by atoms with Gasteiger partial charge in [0.25, 0.3) is 5.69 Å². The fourth-order valence-corrected chi connectivity index (χ4v) is 2.90. The van der Waals surface area contributed by atoms with Crippen molar-refractivity contribution in [1.29, 1.82) is 0 Å². The number of non-ortho nitro benzene ring substituents is 1. The number of aryl methyl sites for hydroxylation is 1. The number of hydrogen-bond acceptors (Lipinski definition) is 4. The second-order valence-electron chi connectivity index (χ2n) is 6.47. The lowest BCUT2D eigenvalue weighted by molar-refractivity contribution is -0.384. The molecule has 0 aliphatic heterocycles. The number of hydrogen-bond donors (Lipinski definition) is 1. The molecule has 3 rings (SSSR count). The van der Waals surface area contributed by atoms with Crippen molar-refractivity contribution in [1.82, 2.24) is 9.78 Å². The SMILES string of the molecule is Cc1nn(Cc2ccccc2F)c(C)c1NC(=O)/C=C/c1cccc([N+](=O)[O-])c1. The molecule has 0 saturated carbocycles. The van der Waals surface area contributed by atoms with Crippen LogP contribution in [-0.2, 0) is 11.3 Å². The molecule has 7 nitrogen and oxygen atoms in total. The van der Waals surface area contributed by atoms with Crippen LogP contribution in [-0.4, -0.2) is 20.6 Å². The maximum Gasteiger partial charge on any atom is 0.270 e. The predicted octanol–water partition coefficient (Wildman–Crippen LogP) is 4.25. The number of nitro groups is 1. The largest absolute Gasteiger partial charge is 0.319 e. The third-order valence-electron chi connectivity index (χ3n) is 4.42. The minimum atomic E-state index is -0.492. The van der Waals surface area contributed by atoms with E-state index in [1.54, 1.807) is 48.9 Å². The molecule has 0 saturated heterocycles. The first kappa shape index (κ1) is 19.9. The van der Waals surface area contributed by atoms with Crippen LogP contribution in [0.5, 0.6) is 0 Å². The zero-order chi connectivity index (χ0) is 21.0. The minimum absolute atomic E-state index is 0.0475. The van der Waals surface area contributed by atoms with Gasteiger partial charge in [-0.05, 0) is 31.6 Å². The Morgan fingerprint density at radius 3 is 2.72 bits per heavy atom. The fraction of sp³-hybridized carbons (Fsp3) is 0.143. The fourth-order valence-electron chi connectivity index (χ4n) is 2.90. The Bertz CT molecular complexity index is 1110. The van der Waals surface area contributed by atoms with Crippen LogP contribution in [0.4, 0.5) is 15.8 Å². The van der Waals surface area contributed by atoms with Crippen LogP contribution in [0.25, 0.3) is 6.08 Å². The van der Waals surface area contributed by atoms with Gasteiger partial charge in [-0.2, -0.15) is 5.10 Å². The molecule has 0 radical (unpaired) electrons. The lowest BCUT2D eigenvalue weighted by Gasteiger charge is -2.07. The minimum Gasteiger partial charge on any atom is -0.319 e. The van der Waals surface area contributed by atoms with Crippen molar-refractivity contribution in [3.63, 3.8) is 0 Å². The molecule has 1 heterocycles. The van der Waals surface area contributed by atoms with E-state index < -0.39 is 10.8 Å². The third-order valence-corrected chi connectivity index (χ3v) is 4.42. The average molecular weight is 394 g/mol. The molecule has 1 amide bonds. The summed E-state index contributed by atoms with van der Waals surface area (Å²) in [7, 11) is 0. The van der Waals surface area contributed by atoms with Crippen LogP contribution in [0.3, 0.4) is 0 Å². The first-order valence-corrected chi connectivity index (χ1v) is 8.86. The van der Waals surface area contributed by atoms with Crippen molar-refractivity contribution >= 4 is 23.4 Å². The maximum absolute atomic E-state index is 13.9. The highest BCUT2D eigenvalue weighted by molar-refractivity contribution is 6.02. The molecule has 3 aromatic rings. The number of halogens is 1. The molecular weight excluding hydrogens is 375 g/mol. The Labute approximate surface area is 166 Å². The Kier molecular flexibility index (Phi) is 5.82. The highest BCUT2D eigenvalue weighted by Gasteiger charge is 2.14. The summed E-state index contributed by atoms with van der Waals surface area (Å²) in [6.07, 6.45) is 2.79. The van der Waals surface area contributed by atoms with Gasteiger partial charge in [-0.3, -0.25) is 19.6 Å². The molecule has 0 spiro atoms. The highest BCUT2D eigenvalue weighted by Crippen LogP contribution is 2.21. The molecule has 0 unspecified atom stereocenters. The normalized spacial score (nSPS) is 11.0. The summed E-state index contributed by atoms with van der Waals surface area (Å²) in [5.41, 5.74) is 2.85. The Morgan fingerprint density at radius 2 is 2.00 bits per heavy atom. The van der Waals surface area contributed by atoms with Gasteiger partial charge >= 0.3 is 0 Å². The van der Waals surface area contributed by atoms with Gasteiger partial charge in [0.1, 0.15) is 5.82 Å². The van der Waals surface area contributed by atoms with E-state index in [0.717, 1.165) is 0 Å². The molecule has 0 atom stereocenters. The van der Waals surface area contributed by atoms with Gasteiger partial charge in [-0.1, -0.05) is 30.3 Å². The molecule has 1 N–H and O–H groups in total. The standard InChI is InChI=1S/C21H19FN4O3/c1-14-21(15(2)25(24-14)13-17-7-3-4-9-19(17)22)23-20(27)11-10-16-6-5-8-18(12-16)26(28)29/h3-12H,13H2,1-2H3,(H,23,27)/b11-10+. The number of aromatic nitrogens is 2. The molecule has 1 aromatic heterocycles. The number of benzene rings is 2. The van der Waals surface area contributed by atoms with Crippen molar-refractivity contribution in [2.45, 2.75) is 20.4 Å². The van der Waals surface area contributed by atoms with Gasteiger partial charge in [0, 0.05) is 23.8 Å². The van der Waals surface area contributed by atoms with Crippen LogP contribution in [0.15, 0.2) is 54.6 Å². The van der Waals surface area contributed by atoms with E-state index in [-0.39, 0.29) is 18.0 Å². The molecule has 8 heteroatoms. The number of amides is 1. The molecule has 0 fully saturated rings. The number of carbonyl (C=O) groups excluding carboxylic acids is 1. The smallest absolute Gasteiger partial charge is 0.270 e. The summed E-state index contributed by atoms with van der Waals surface area (Å²) >= 11 is 0. The second-order valence-corrected chi connectivity index (χ2v) is 6.47. The number of nitrogens with one attached hydrogen (secondary N) is 1. The van der Waals surface area contributed by atoms with Crippen molar-refractivity contribution in [3.8, 4) is 0 Å². The topological polar surface area (TPSA) is 90.1 Å². The molecule has 148 valence electrons. The predicted molar refractivity (Wildman–Crippen MR) is 108 cm³/mol. The van der Waals surface area contributed by atoms with E-state index >= 15 is 0 Å². The van der Waals surface area contributed by atoms with Gasteiger partial charge in [0.15, 0.2) is 0 Å². The van der Waals surface area contributed by atoms with E-state index in [0.29, 0.717) is 28.2 Å². The number of nitrogens with zero attached hydrogens (tertiary/aromatic N) is 3. The zero-order valence-electron chi connectivity index (χ0n) is 15.9. The van der Waals surface area contributed by atoms with Crippen LogP contribution in [0.1, 0.15) is 22.5 Å². The van der Waals surface area contributed by atoms with Crippen molar-refractivity contribution < 1.29 is 14.1 Å². The van der Waals surface area contributed by atoms with E-state index in [2.05, 4.69) is 10.4 Å². The van der Waals surface area contributed by atoms with Crippen LogP contribution >= 0.6 is 0 Å². The molecule has 29 heavy (non-hydrogen) atoms. The molecule has 0 aliphatic rings. The Hall–Kier alpha value is -3.81. The van der Waals surface area contributed by atoms with Crippen LogP contribution in [0.2, 0.25) is 0 Å². The molecule has 0 bridgehead atoms. The number of carbonyl (C=O) groups is 1. The lowest BCUT2D eigenvalue weighted by Crippen LogP contribution is -2.10. The maximum atomic E-state index is 13.9. The number of nitro benzene ring substituents is 1. The monoisotopic (exact) mass is 394 g/mol. The number of rotatable bonds is 6. The summed E-state index contributed by atoms with van der Waals surface area (Å²) in [5, 5.41) is 18.0. The van der Waals surface area contributed by atoms with Crippen molar-refractivity contribution in [2.75, 3.05) is 5.32 Å². The summed E-state index contributed by atoms with van der Waals surface area (Å²) in [4.78, 5) is 22.6. The van der Waals surface area contributed by atoms with Gasteiger partial charge in [0.2, 0.25) is 5.91 Å². The zero-order valence-corrected chi connectivity index (χ0v) is 15.9. The van der Waals surface area contributed by atoms with E-state index in [1.807, 2.05) is 0 Å². The summed E-state index contributed by atoms with van der Waals surface area (Å²) in [6, 6.07) is 12.4. The highest BCUT2D eigenvalue weighted by atomic mass is 19.1. The van der Waals surface area contributed by atoms with Crippen molar-refractivity contribution in [2.24, 2.45) is 0 Å². The third kappa shape index (κ3) is 4.73. The average Bonchev–Trinajstić information content (AvgIpc) is 2.96. The van der Waals surface area contributed by atoms with Crippen LogP contribution in [0, 0.1) is 29.8 Å². The molecular formula is C21H19FN4O3. The van der Waals surface area contributed by atoms with Gasteiger partial charge < -0.3 is 5.32 Å². The summed E-state index contributed by atoms with van der Waals surface area (Å²) in [6.45, 7) is 3.80. The van der Waals surface area contributed by atoms with E-state index in [9.17, 15) is 19.3 Å². The number of anilines is 1. The van der Waals surface area contributed by atoms with Gasteiger partial charge in [-0.15, -0.1) is 0 Å². The van der Waals surface area contributed by atoms with Gasteiger partial charge in [-0.25, -0.2) is 4.39 Å².